The number of alkyl halides is 3. The third kappa shape index (κ3) is 4.20. The smallest absolute Gasteiger partial charge is 0.417 e. The molecule has 0 radical (unpaired) electrons. The van der Waals surface area contributed by atoms with Crippen LogP contribution in [-0.2, 0) is 6.18 Å². The van der Waals surface area contributed by atoms with E-state index in [0.29, 0.717) is 11.3 Å². The number of hydrogen-bond acceptors (Lipinski definition) is 4. The van der Waals surface area contributed by atoms with E-state index in [1.54, 1.807) is 12.1 Å². The van der Waals surface area contributed by atoms with Gasteiger partial charge in [-0.3, -0.25) is 5.43 Å². The minimum atomic E-state index is -4.40. The molecular weight excluding hydrogens is 363 g/mol. The van der Waals surface area contributed by atoms with Crippen molar-refractivity contribution >= 4 is 28.0 Å². The van der Waals surface area contributed by atoms with E-state index < -0.39 is 11.7 Å². The summed E-state index contributed by atoms with van der Waals surface area (Å²) in [5, 5.41) is 3.93. The average Bonchev–Trinajstić information content (AvgIpc) is 2.47. The molecule has 0 fully saturated rings. The van der Waals surface area contributed by atoms with E-state index in [-0.39, 0.29) is 5.82 Å². The number of rotatable bonds is 4. The number of nitrogens with one attached hydrogen (secondary N) is 1. The predicted octanol–water partition coefficient (Wildman–Crippen LogP) is 4.32. The van der Waals surface area contributed by atoms with Crippen LogP contribution in [0.5, 0.6) is 5.75 Å². The quantitative estimate of drug-likeness (QED) is 0.641. The van der Waals surface area contributed by atoms with Crippen molar-refractivity contribution in [3.05, 3.63) is 52.1 Å². The number of benzene rings is 1. The molecule has 0 bridgehead atoms. The fraction of sp³-hybridized carbons (Fsp3) is 0.143. The van der Waals surface area contributed by atoms with Gasteiger partial charge in [-0.05, 0) is 30.3 Å². The van der Waals surface area contributed by atoms with Crippen LogP contribution in [0, 0.1) is 0 Å². The van der Waals surface area contributed by atoms with Gasteiger partial charge in [-0.15, -0.1) is 0 Å². The maximum absolute atomic E-state index is 12.4. The van der Waals surface area contributed by atoms with Crippen LogP contribution < -0.4 is 10.2 Å². The Hall–Kier alpha value is -2.09. The summed E-state index contributed by atoms with van der Waals surface area (Å²) in [6, 6.07) is 7.52. The van der Waals surface area contributed by atoms with Crippen molar-refractivity contribution in [3.63, 3.8) is 0 Å². The Morgan fingerprint density at radius 2 is 2.05 bits per heavy atom. The second kappa shape index (κ2) is 6.78. The van der Waals surface area contributed by atoms with Gasteiger partial charge in [-0.25, -0.2) is 4.98 Å². The fourth-order valence-electron chi connectivity index (χ4n) is 1.60. The van der Waals surface area contributed by atoms with Crippen LogP contribution in [0.3, 0.4) is 0 Å². The lowest BCUT2D eigenvalue weighted by Crippen LogP contribution is -2.05. The first-order valence-corrected chi connectivity index (χ1v) is 6.85. The first-order valence-electron chi connectivity index (χ1n) is 6.06. The summed E-state index contributed by atoms with van der Waals surface area (Å²) < 4.78 is 43.2. The standard InChI is InChI=1S/C14H11BrF3N3O/c1-22-12-4-3-11(15)6-9(12)7-20-21-13-5-2-10(8-19-13)14(16,17)18/h2-8H,1H3,(H,19,21). The number of methoxy groups -OCH3 is 1. The topological polar surface area (TPSA) is 46.5 Å². The van der Waals surface area contributed by atoms with Crippen LogP contribution in [0.2, 0.25) is 0 Å². The third-order valence-electron chi connectivity index (χ3n) is 2.67. The monoisotopic (exact) mass is 373 g/mol. The third-order valence-corrected chi connectivity index (χ3v) is 3.16. The molecule has 4 nitrogen and oxygen atoms in total. The second-order valence-corrected chi connectivity index (χ2v) is 5.10. The molecule has 0 amide bonds. The van der Waals surface area contributed by atoms with Crippen LogP contribution in [0.15, 0.2) is 46.1 Å². The van der Waals surface area contributed by atoms with Crippen LogP contribution in [0.4, 0.5) is 19.0 Å². The van der Waals surface area contributed by atoms with Crippen molar-refractivity contribution in [3.8, 4) is 5.75 Å². The van der Waals surface area contributed by atoms with E-state index in [0.717, 1.165) is 16.7 Å². The zero-order chi connectivity index (χ0) is 16.2. The van der Waals surface area contributed by atoms with Crippen molar-refractivity contribution in [2.24, 2.45) is 5.10 Å². The Balaban J connectivity index is 2.08. The highest BCUT2D eigenvalue weighted by Gasteiger charge is 2.30. The van der Waals surface area contributed by atoms with Crippen molar-refractivity contribution in [2.75, 3.05) is 12.5 Å². The number of halogens is 4. The summed E-state index contributed by atoms with van der Waals surface area (Å²) in [5.74, 6) is 0.826. The van der Waals surface area contributed by atoms with Gasteiger partial charge < -0.3 is 4.74 Å². The van der Waals surface area contributed by atoms with Gasteiger partial charge in [0.05, 0.1) is 18.9 Å². The van der Waals surface area contributed by atoms with Crippen LogP contribution in [0.25, 0.3) is 0 Å². The molecule has 0 aliphatic rings. The number of hydrogen-bond donors (Lipinski definition) is 1. The van der Waals surface area contributed by atoms with E-state index in [4.69, 9.17) is 4.74 Å². The van der Waals surface area contributed by atoms with E-state index >= 15 is 0 Å². The predicted molar refractivity (Wildman–Crippen MR) is 81.1 cm³/mol. The fourth-order valence-corrected chi connectivity index (χ4v) is 1.98. The summed E-state index contributed by atoms with van der Waals surface area (Å²) in [7, 11) is 1.53. The van der Waals surface area contributed by atoms with Gasteiger partial charge in [0.1, 0.15) is 11.6 Å². The molecule has 2 rings (SSSR count). The average molecular weight is 374 g/mol. The van der Waals surface area contributed by atoms with Crippen LogP contribution >= 0.6 is 15.9 Å². The van der Waals surface area contributed by atoms with E-state index in [9.17, 15) is 13.2 Å². The molecule has 22 heavy (non-hydrogen) atoms. The molecular formula is C14H11BrF3N3O. The number of nitrogens with zero attached hydrogens (tertiary/aromatic N) is 2. The molecule has 1 aromatic heterocycles. The highest BCUT2D eigenvalue weighted by molar-refractivity contribution is 9.10. The zero-order valence-electron chi connectivity index (χ0n) is 11.4. The van der Waals surface area contributed by atoms with E-state index in [2.05, 4.69) is 31.4 Å². The summed E-state index contributed by atoms with van der Waals surface area (Å²) in [5.41, 5.74) is 2.46. The van der Waals surface area contributed by atoms with E-state index in [1.165, 1.54) is 19.4 Å². The van der Waals surface area contributed by atoms with Gasteiger partial charge in [0.25, 0.3) is 0 Å². The number of pyridine rings is 1. The highest BCUT2D eigenvalue weighted by atomic mass is 79.9. The summed E-state index contributed by atoms with van der Waals surface area (Å²) >= 11 is 3.33. The summed E-state index contributed by atoms with van der Waals surface area (Å²) in [6.45, 7) is 0. The number of aromatic nitrogens is 1. The number of hydrazone groups is 1. The summed E-state index contributed by atoms with van der Waals surface area (Å²) in [6.07, 6.45) is -2.17. The minimum absolute atomic E-state index is 0.207. The molecule has 1 N–H and O–H groups in total. The highest BCUT2D eigenvalue weighted by Crippen LogP contribution is 2.28. The van der Waals surface area contributed by atoms with Gasteiger partial charge in [0.2, 0.25) is 0 Å². The van der Waals surface area contributed by atoms with Gasteiger partial charge in [0.15, 0.2) is 0 Å². The Morgan fingerprint density at radius 3 is 2.64 bits per heavy atom. The van der Waals surface area contributed by atoms with Crippen molar-refractivity contribution in [2.45, 2.75) is 6.18 Å². The second-order valence-electron chi connectivity index (χ2n) is 4.19. The number of ether oxygens (including phenoxy) is 1. The Labute approximate surface area is 133 Å². The Kier molecular flexibility index (Phi) is 5.02. The van der Waals surface area contributed by atoms with Crippen LogP contribution in [0.1, 0.15) is 11.1 Å². The SMILES string of the molecule is COc1ccc(Br)cc1C=NNc1ccc(C(F)(F)F)cn1. The van der Waals surface area contributed by atoms with Gasteiger partial charge in [-0.1, -0.05) is 15.9 Å². The lowest BCUT2D eigenvalue weighted by atomic mass is 10.2. The molecule has 0 unspecified atom stereocenters. The molecule has 0 saturated carbocycles. The van der Waals surface area contributed by atoms with E-state index in [1.807, 2.05) is 6.07 Å². The minimum Gasteiger partial charge on any atom is -0.496 e. The van der Waals surface area contributed by atoms with Gasteiger partial charge in [0, 0.05) is 16.2 Å². The van der Waals surface area contributed by atoms with Crippen molar-refractivity contribution in [1.82, 2.24) is 4.98 Å². The van der Waals surface area contributed by atoms with Crippen molar-refractivity contribution < 1.29 is 17.9 Å². The molecule has 1 aromatic carbocycles. The largest absolute Gasteiger partial charge is 0.496 e. The van der Waals surface area contributed by atoms with Gasteiger partial charge in [-0.2, -0.15) is 18.3 Å². The van der Waals surface area contributed by atoms with Gasteiger partial charge >= 0.3 is 6.18 Å². The van der Waals surface area contributed by atoms with Crippen molar-refractivity contribution in [1.29, 1.82) is 0 Å². The first kappa shape index (κ1) is 16.3. The molecule has 8 heteroatoms. The zero-order valence-corrected chi connectivity index (χ0v) is 12.9. The molecule has 0 aliphatic heterocycles. The molecule has 0 spiro atoms. The van der Waals surface area contributed by atoms with Crippen LogP contribution in [-0.4, -0.2) is 18.3 Å². The lowest BCUT2D eigenvalue weighted by molar-refractivity contribution is -0.137. The molecule has 1 heterocycles. The molecule has 0 atom stereocenters. The normalized spacial score (nSPS) is 11.7. The Morgan fingerprint density at radius 1 is 1.27 bits per heavy atom. The molecule has 0 aliphatic carbocycles. The first-order chi connectivity index (χ1) is 10.4. The Bertz CT molecular complexity index is 672. The molecule has 116 valence electrons. The maximum atomic E-state index is 12.4. The molecule has 0 saturated heterocycles. The lowest BCUT2D eigenvalue weighted by Gasteiger charge is -2.07. The number of anilines is 1. The summed E-state index contributed by atoms with van der Waals surface area (Å²) in [4.78, 5) is 3.65. The molecule has 2 aromatic rings. The maximum Gasteiger partial charge on any atom is 0.417 e.